The standard InChI is InChI=1S/C50H96P2/c1-5-9-13-17-21-25-29-33-37-41-45-51(46-42-38-34-30-26-22-18-14-10-6-2)49-50-52(47-43-39-35-31-27-23-19-15-11-7-3)48-44-40-36-32-28-24-20-16-12-8-4/h41-48H,5-40,49-50H2,1-4H3/b45-41+,46-42+,47-43+,48-44+. The van der Waals surface area contributed by atoms with Crippen LogP contribution in [0.15, 0.2) is 47.6 Å². The summed E-state index contributed by atoms with van der Waals surface area (Å²) in [4.78, 5) is 0. The number of unbranched alkanes of at least 4 members (excludes halogenated alkanes) is 32. The predicted octanol–water partition coefficient (Wildman–Crippen LogP) is 20.1. The van der Waals surface area contributed by atoms with Gasteiger partial charge in [0.1, 0.15) is 0 Å². The summed E-state index contributed by atoms with van der Waals surface area (Å²) in [6.45, 7) is 9.27. The van der Waals surface area contributed by atoms with E-state index in [4.69, 9.17) is 0 Å². The fourth-order valence-electron chi connectivity index (χ4n) is 7.05. The Labute approximate surface area is 333 Å². The van der Waals surface area contributed by atoms with Crippen LogP contribution in [0.5, 0.6) is 0 Å². The van der Waals surface area contributed by atoms with Crippen molar-refractivity contribution in [2.24, 2.45) is 0 Å². The van der Waals surface area contributed by atoms with E-state index in [-0.39, 0.29) is 15.8 Å². The van der Waals surface area contributed by atoms with Crippen molar-refractivity contribution in [2.45, 2.75) is 259 Å². The first-order chi connectivity index (χ1) is 25.8. The third kappa shape index (κ3) is 42.6. The van der Waals surface area contributed by atoms with Crippen molar-refractivity contribution in [2.75, 3.05) is 12.3 Å². The Balaban J connectivity index is 5.00. The highest BCUT2D eigenvalue weighted by atomic mass is 31.1. The monoisotopic (exact) mass is 759 g/mol. The molecule has 0 aliphatic heterocycles. The first-order valence-corrected chi connectivity index (χ1v) is 27.3. The topological polar surface area (TPSA) is 0 Å². The van der Waals surface area contributed by atoms with E-state index in [1.165, 1.54) is 243 Å². The quantitative estimate of drug-likeness (QED) is 0.0429. The molecule has 0 aromatic heterocycles. The van der Waals surface area contributed by atoms with E-state index < -0.39 is 0 Å². The van der Waals surface area contributed by atoms with Crippen molar-refractivity contribution >= 4 is 15.8 Å². The maximum absolute atomic E-state index is 2.66. The summed E-state index contributed by atoms with van der Waals surface area (Å²) in [6, 6.07) is 0. The molecule has 0 radical (unpaired) electrons. The van der Waals surface area contributed by atoms with Crippen molar-refractivity contribution in [1.82, 2.24) is 0 Å². The van der Waals surface area contributed by atoms with Gasteiger partial charge in [-0.05, 0) is 63.7 Å². The predicted molar refractivity (Wildman–Crippen MR) is 249 cm³/mol. The van der Waals surface area contributed by atoms with E-state index in [9.17, 15) is 0 Å². The smallest absolute Gasteiger partial charge is 0.0211 e. The third-order valence-electron chi connectivity index (χ3n) is 10.7. The van der Waals surface area contributed by atoms with Crippen LogP contribution in [0.25, 0.3) is 0 Å². The average molecular weight is 759 g/mol. The van der Waals surface area contributed by atoms with Gasteiger partial charge in [-0.2, -0.15) is 0 Å². The van der Waals surface area contributed by atoms with E-state index in [1.54, 1.807) is 0 Å². The molecule has 0 aromatic carbocycles. The number of allylic oxidation sites excluding steroid dienone is 4. The highest BCUT2D eigenvalue weighted by molar-refractivity contribution is 7.67. The van der Waals surface area contributed by atoms with Gasteiger partial charge in [0.05, 0.1) is 0 Å². The Morgan fingerprint density at radius 3 is 0.596 bits per heavy atom. The van der Waals surface area contributed by atoms with Gasteiger partial charge in [-0.25, -0.2) is 0 Å². The molecule has 0 rings (SSSR count). The van der Waals surface area contributed by atoms with Gasteiger partial charge >= 0.3 is 0 Å². The lowest BCUT2D eigenvalue weighted by atomic mass is 10.1. The summed E-state index contributed by atoms with van der Waals surface area (Å²) in [5, 5.41) is 0. The molecular formula is C50H96P2. The second kappa shape index (κ2) is 47.0. The number of hydrogen-bond donors (Lipinski definition) is 0. The minimum atomic E-state index is -0.142. The van der Waals surface area contributed by atoms with Gasteiger partial charge in [-0.1, -0.05) is 271 Å². The van der Waals surface area contributed by atoms with Crippen LogP contribution in [0.2, 0.25) is 0 Å². The highest BCUT2D eigenvalue weighted by Crippen LogP contribution is 2.47. The van der Waals surface area contributed by atoms with Crippen LogP contribution in [0.4, 0.5) is 0 Å². The second-order valence-corrected chi connectivity index (χ2v) is 20.2. The van der Waals surface area contributed by atoms with E-state index in [2.05, 4.69) is 75.3 Å². The van der Waals surface area contributed by atoms with Crippen LogP contribution < -0.4 is 0 Å². The molecule has 0 fully saturated rings. The summed E-state index contributed by atoms with van der Waals surface area (Å²) < 4.78 is 0. The molecule has 0 saturated carbocycles. The van der Waals surface area contributed by atoms with Gasteiger partial charge in [0.15, 0.2) is 0 Å². The minimum absolute atomic E-state index is 0.142. The first-order valence-electron chi connectivity index (χ1n) is 24.0. The molecule has 0 nitrogen and oxygen atoms in total. The van der Waals surface area contributed by atoms with E-state index in [1.807, 2.05) is 0 Å². The SMILES string of the molecule is CCCCCCCCCC/C=C/P(/C=C/CCCCCCCCCC)CCP(/C=C/CCCCCCCCCC)/C=C/CCCCCCCCCC. The van der Waals surface area contributed by atoms with E-state index in [0.29, 0.717) is 0 Å². The number of rotatable bonds is 43. The molecule has 0 aliphatic rings. The van der Waals surface area contributed by atoms with Gasteiger partial charge < -0.3 is 0 Å². The largest absolute Gasteiger partial charge is 0.0838 e. The molecule has 0 saturated heterocycles. The molecule has 0 atom stereocenters. The Kier molecular flexibility index (Phi) is 46.8. The maximum Gasteiger partial charge on any atom is -0.0211 e. The molecular weight excluding hydrogens is 662 g/mol. The molecule has 0 aliphatic carbocycles. The first kappa shape index (κ1) is 51.8. The van der Waals surface area contributed by atoms with Gasteiger partial charge in [-0.15, -0.1) is 0 Å². The Morgan fingerprint density at radius 1 is 0.231 bits per heavy atom. The second-order valence-electron chi connectivity index (χ2n) is 16.1. The summed E-state index contributed by atoms with van der Waals surface area (Å²) in [7, 11) is -0.283. The molecule has 0 bridgehead atoms. The van der Waals surface area contributed by atoms with Crippen molar-refractivity contribution in [3.63, 3.8) is 0 Å². The minimum Gasteiger partial charge on any atom is -0.0838 e. The van der Waals surface area contributed by atoms with Crippen molar-refractivity contribution in [3.05, 3.63) is 47.6 Å². The molecule has 0 spiro atoms. The lowest BCUT2D eigenvalue weighted by molar-refractivity contribution is 0.577. The lowest BCUT2D eigenvalue weighted by Crippen LogP contribution is -1.87. The maximum atomic E-state index is 2.66. The third-order valence-corrected chi connectivity index (χ3v) is 14.9. The van der Waals surface area contributed by atoms with Crippen molar-refractivity contribution < 1.29 is 0 Å². The lowest BCUT2D eigenvalue weighted by Gasteiger charge is -2.14. The van der Waals surface area contributed by atoms with Crippen LogP contribution in [0.1, 0.15) is 259 Å². The Morgan fingerprint density at radius 2 is 0.404 bits per heavy atom. The molecule has 0 amide bonds. The summed E-state index contributed by atoms with van der Waals surface area (Å²) in [5.41, 5.74) is 0. The zero-order valence-electron chi connectivity index (χ0n) is 36.4. The van der Waals surface area contributed by atoms with Crippen LogP contribution in [0.3, 0.4) is 0 Å². The molecule has 52 heavy (non-hydrogen) atoms. The number of hydrogen-bond acceptors (Lipinski definition) is 0. The Hall–Kier alpha value is -0.180. The summed E-state index contributed by atoms with van der Waals surface area (Å²) >= 11 is 0. The highest BCUT2D eigenvalue weighted by Gasteiger charge is 2.06. The van der Waals surface area contributed by atoms with Crippen LogP contribution in [-0.2, 0) is 0 Å². The van der Waals surface area contributed by atoms with Crippen molar-refractivity contribution in [3.8, 4) is 0 Å². The van der Waals surface area contributed by atoms with Crippen LogP contribution in [0, 0.1) is 0 Å². The summed E-state index contributed by atoms with van der Waals surface area (Å²) in [5.74, 6) is 10.6. The normalized spacial score (nSPS) is 12.5. The average Bonchev–Trinajstić information content (AvgIpc) is 3.15. The summed E-state index contributed by atoms with van der Waals surface area (Å²) in [6.07, 6.45) is 63.5. The van der Waals surface area contributed by atoms with Crippen molar-refractivity contribution in [1.29, 1.82) is 0 Å². The van der Waals surface area contributed by atoms with Gasteiger partial charge in [-0.3, -0.25) is 0 Å². The molecule has 0 heterocycles. The fourth-order valence-corrected chi connectivity index (χ4v) is 11.4. The van der Waals surface area contributed by atoms with Gasteiger partial charge in [0.25, 0.3) is 0 Å². The Bertz CT molecular complexity index is 640. The van der Waals surface area contributed by atoms with E-state index >= 15 is 0 Å². The van der Waals surface area contributed by atoms with Crippen LogP contribution >= 0.6 is 15.8 Å². The molecule has 0 N–H and O–H groups in total. The molecule has 306 valence electrons. The fraction of sp³-hybridized carbons (Fsp3) is 0.840. The molecule has 0 aromatic rings. The van der Waals surface area contributed by atoms with E-state index in [0.717, 1.165) is 0 Å². The molecule has 0 unspecified atom stereocenters. The van der Waals surface area contributed by atoms with Gasteiger partial charge in [0, 0.05) is 0 Å². The zero-order chi connectivity index (χ0) is 37.7. The molecule has 2 heteroatoms. The van der Waals surface area contributed by atoms with Gasteiger partial charge in [0.2, 0.25) is 0 Å². The zero-order valence-corrected chi connectivity index (χ0v) is 38.2. The van der Waals surface area contributed by atoms with Crippen LogP contribution in [-0.4, -0.2) is 12.3 Å².